The number of aryl methyl sites for hydroxylation is 1. The second kappa shape index (κ2) is 10.9. The molecule has 1 saturated heterocycles. The molecule has 37 heavy (non-hydrogen) atoms. The molecule has 0 unspecified atom stereocenters. The van der Waals surface area contributed by atoms with Crippen molar-refractivity contribution in [3.05, 3.63) is 69.4 Å². The van der Waals surface area contributed by atoms with Crippen molar-refractivity contribution in [3.8, 4) is 5.75 Å². The summed E-state index contributed by atoms with van der Waals surface area (Å²) in [6.07, 6.45) is -1.22. The number of benzene rings is 1. The molecule has 1 aliphatic rings. The van der Waals surface area contributed by atoms with Crippen molar-refractivity contribution in [2.75, 3.05) is 7.11 Å². The van der Waals surface area contributed by atoms with Crippen LogP contribution in [0.25, 0.3) is 6.08 Å². The topological polar surface area (TPSA) is 77.2 Å². The van der Waals surface area contributed by atoms with Gasteiger partial charge in [-0.25, -0.2) is 17.6 Å². The largest absolute Gasteiger partial charge is 0.496 e. The molecule has 14 heteroatoms. The lowest BCUT2D eigenvalue weighted by atomic mass is 10.1. The van der Waals surface area contributed by atoms with E-state index in [2.05, 4.69) is 15.5 Å². The molecule has 0 aliphatic carbocycles. The molecule has 8 nitrogen and oxygen atoms in total. The molecule has 0 radical (unpaired) electrons. The van der Waals surface area contributed by atoms with Crippen molar-refractivity contribution in [1.82, 2.24) is 29.8 Å². The van der Waals surface area contributed by atoms with Crippen LogP contribution in [-0.2, 0) is 24.4 Å². The fourth-order valence-electron chi connectivity index (χ4n) is 3.84. The van der Waals surface area contributed by atoms with Gasteiger partial charge < -0.3 is 10.1 Å². The Labute approximate surface area is 219 Å². The molecule has 1 fully saturated rings. The molecule has 1 aromatic carbocycles. The van der Waals surface area contributed by atoms with Crippen molar-refractivity contribution in [3.63, 3.8) is 0 Å². The molecule has 4 rings (SSSR count). The zero-order chi connectivity index (χ0) is 26.9. The number of carbonyl (C=O) groups excluding carboxylic acids is 1. The average molecular weight is 557 g/mol. The Morgan fingerprint density at radius 1 is 1.22 bits per heavy atom. The summed E-state index contributed by atoms with van der Waals surface area (Å²) in [4.78, 5) is 14.4. The summed E-state index contributed by atoms with van der Waals surface area (Å²) in [6, 6.07) is 4.79. The van der Waals surface area contributed by atoms with Gasteiger partial charge in [-0.1, -0.05) is 17.7 Å². The van der Waals surface area contributed by atoms with Crippen LogP contribution in [0.2, 0.25) is 5.02 Å². The number of alkyl halides is 4. The van der Waals surface area contributed by atoms with E-state index in [0.717, 1.165) is 10.2 Å². The highest BCUT2D eigenvalue weighted by Gasteiger charge is 2.31. The van der Waals surface area contributed by atoms with Crippen LogP contribution in [0.15, 0.2) is 36.3 Å². The van der Waals surface area contributed by atoms with Crippen LogP contribution in [0.3, 0.4) is 0 Å². The van der Waals surface area contributed by atoms with Gasteiger partial charge in [-0.3, -0.25) is 19.1 Å². The number of nitrogens with one attached hydrogen (secondary N) is 1. The standard InChI is InChI=1S/C23H21ClF4N6O2S/c1-3-32-9-13(8-29-32)10-33-22(35)15(30-23(33)37)7-12-4-5-16(36-2)14(6-12)11-34-19(21(27)28)17(24)18(31-34)20(25)26/h4-9,20-21H,3,10-11H2,1-2H3,(H,30,37)/b15-7+. The Morgan fingerprint density at radius 2 is 1.97 bits per heavy atom. The summed E-state index contributed by atoms with van der Waals surface area (Å²) in [5, 5.41) is 10.1. The Kier molecular flexibility index (Phi) is 7.83. The summed E-state index contributed by atoms with van der Waals surface area (Å²) in [6.45, 7) is 2.55. The molecule has 3 aromatic rings. The van der Waals surface area contributed by atoms with Gasteiger partial charge in [-0.05, 0) is 42.9 Å². The number of ether oxygens (including phenoxy) is 1. The van der Waals surface area contributed by atoms with Gasteiger partial charge in [0.15, 0.2) is 5.11 Å². The first-order valence-electron chi connectivity index (χ1n) is 11.0. The maximum atomic E-state index is 13.6. The minimum Gasteiger partial charge on any atom is -0.496 e. The average Bonchev–Trinajstić information content (AvgIpc) is 3.52. The Hall–Kier alpha value is -3.45. The van der Waals surface area contributed by atoms with Gasteiger partial charge in [0.05, 0.1) is 31.4 Å². The van der Waals surface area contributed by atoms with Gasteiger partial charge >= 0.3 is 0 Å². The zero-order valence-corrected chi connectivity index (χ0v) is 21.2. The first-order chi connectivity index (χ1) is 17.6. The van der Waals surface area contributed by atoms with Crippen molar-refractivity contribution in [2.24, 2.45) is 0 Å². The molecule has 1 aliphatic heterocycles. The third kappa shape index (κ3) is 5.47. The van der Waals surface area contributed by atoms with Crippen LogP contribution in [0, 0.1) is 0 Å². The number of carbonyl (C=O) groups is 1. The molecule has 0 atom stereocenters. The first kappa shape index (κ1) is 26.6. The Morgan fingerprint density at radius 3 is 2.59 bits per heavy atom. The van der Waals surface area contributed by atoms with Crippen LogP contribution in [0.5, 0.6) is 5.75 Å². The van der Waals surface area contributed by atoms with Gasteiger partial charge in [0, 0.05) is 23.9 Å². The lowest BCUT2D eigenvalue weighted by Crippen LogP contribution is -2.29. The highest BCUT2D eigenvalue weighted by atomic mass is 35.5. The number of thiocarbonyl (C=S) groups is 1. The lowest BCUT2D eigenvalue weighted by molar-refractivity contribution is -0.122. The monoisotopic (exact) mass is 556 g/mol. The van der Waals surface area contributed by atoms with E-state index >= 15 is 0 Å². The van der Waals surface area contributed by atoms with Crippen LogP contribution >= 0.6 is 23.8 Å². The maximum Gasteiger partial charge on any atom is 0.283 e. The minimum absolute atomic E-state index is 0.208. The van der Waals surface area contributed by atoms with E-state index in [0.29, 0.717) is 23.4 Å². The molecule has 2 aromatic heterocycles. The molecule has 1 amide bonds. The minimum atomic E-state index is -3.12. The van der Waals surface area contributed by atoms with Crippen LogP contribution in [0.1, 0.15) is 47.9 Å². The van der Waals surface area contributed by atoms with E-state index in [9.17, 15) is 22.4 Å². The summed E-state index contributed by atoms with van der Waals surface area (Å²) in [5.41, 5.74) is 0.148. The smallest absolute Gasteiger partial charge is 0.283 e. The van der Waals surface area contributed by atoms with E-state index < -0.39 is 29.3 Å². The number of rotatable bonds is 9. The molecule has 196 valence electrons. The lowest BCUT2D eigenvalue weighted by Gasteiger charge is -2.12. The quantitative estimate of drug-likeness (QED) is 0.228. The van der Waals surface area contributed by atoms with Crippen molar-refractivity contribution in [1.29, 1.82) is 0 Å². The molecule has 3 heterocycles. The number of amides is 1. The fraction of sp³-hybridized carbons (Fsp3) is 0.304. The van der Waals surface area contributed by atoms with E-state index in [-0.39, 0.29) is 29.8 Å². The van der Waals surface area contributed by atoms with Crippen LogP contribution < -0.4 is 10.1 Å². The summed E-state index contributed by atoms with van der Waals surface area (Å²) in [7, 11) is 1.38. The van der Waals surface area contributed by atoms with E-state index in [4.69, 9.17) is 28.6 Å². The van der Waals surface area contributed by atoms with Gasteiger partial charge in [-0.15, -0.1) is 0 Å². The van der Waals surface area contributed by atoms with E-state index in [1.807, 2.05) is 13.1 Å². The molecule has 0 bridgehead atoms. The Bertz CT molecular complexity index is 1370. The number of hydrogen-bond donors (Lipinski definition) is 1. The van der Waals surface area contributed by atoms with Crippen molar-refractivity contribution in [2.45, 2.75) is 39.4 Å². The van der Waals surface area contributed by atoms with Gasteiger partial charge in [0.2, 0.25) is 0 Å². The zero-order valence-electron chi connectivity index (χ0n) is 19.6. The van der Waals surface area contributed by atoms with E-state index in [1.54, 1.807) is 35.2 Å². The second-order valence-corrected chi connectivity index (χ2v) is 8.76. The van der Waals surface area contributed by atoms with Gasteiger partial charge in [0.1, 0.15) is 22.8 Å². The summed E-state index contributed by atoms with van der Waals surface area (Å²) >= 11 is 11.1. The predicted octanol–water partition coefficient (Wildman–Crippen LogP) is 4.94. The molecular formula is C23H21ClF4N6O2S. The predicted molar refractivity (Wildman–Crippen MR) is 131 cm³/mol. The third-order valence-corrected chi connectivity index (χ3v) is 6.33. The first-order valence-corrected chi connectivity index (χ1v) is 11.8. The summed E-state index contributed by atoms with van der Waals surface area (Å²) < 4.78 is 61.4. The van der Waals surface area contributed by atoms with E-state index in [1.165, 1.54) is 12.0 Å². The normalized spacial score (nSPS) is 14.9. The van der Waals surface area contributed by atoms with Crippen molar-refractivity contribution < 1.29 is 27.1 Å². The number of nitrogens with zero attached hydrogens (tertiary/aromatic N) is 5. The maximum absolute atomic E-state index is 13.6. The van der Waals surface area contributed by atoms with Crippen molar-refractivity contribution >= 4 is 40.9 Å². The van der Waals surface area contributed by atoms with Crippen LogP contribution in [-0.4, -0.2) is 42.6 Å². The van der Waals surface area contributed by atoms with Crippen LogP contribution in [0.4, 0.5) is 17.6 Å². The van der Waals surface area contributed by atoms with Gasteiger partial charge in [0.25, 0.3) is 18.8 Å². The number of hydrogen-bond acceptors (Lipinski definition) is 5. The number of halogens is 5. The highest BCUT2D eigenvalue weighted by Crippen LogP contribution is 2.35. The molecular weight excluding hydrogens is 536 g/mol. The molecule has 1 N–H and O–H groups in total. The Balaban J connectivity index is 1.62. The third-order valence-electron chi connectivity index (χ3n) is 5.62. The molecule has 0 saturated carbocycles. The fourth-order valence-corrected chi connectivity index (χ4v) is 4.40. The summed E-state index contributed by atoms with van der Waals surface area (Å²) in [5.74, 6) is -0.0459. The number of aromatic nitrogens is 4. The van der Waals surface area contributed by atoms with Gasteiger partial charge in [-0.2, -0.15) is 10.2 Å². The second-order valence-electron chi connectivity index (χ2n) is 8.00. The number of methoxy groups -OCH3 is 1. The molecule has 0 spiro atoms. The highest BCUT2D eigenvalue weighted by molar-refractivity contribution is 7.80. The SMILES string of the molecule is CCn1cc(CN2C(=O)/C(=C\c3ccc(OC)c(Cn4nc(C(F)F)c(Cl)c4C(F)F)c3)NC2=S)cn1.